The Balaban J connectivity index is 1.63. The van der Waals surface area contributed by atoms with Crippen LogP contribution in [0.15, 0.2) is 41.1 Å². The average molecular weight is 432 g/mol. The van der Waals surface area contributed by atoms with Gasteiger partial charge in [-0.25, -0.2) is 4.98 Å². The minimum absolute atomic E-state index is 0.113. The van der Waals surface area contributed by atoms with Crippen molar-refractivity contribution in [3.63, 3.8) is 0 Å². The van der Waals surface area contributed by atoms with Crippen molar-refractivity contribution in [3.8, 4) is 17.2 Å². The van der Waals surface area contributed by atoms with Gasteiger partial charge in [-0.3, -0.25) is 4.79 Å². The topological polar surface area (TPSA) is 109 Å². The standard InChI is InChI=1S/C22H17N5OS2/c23-9-15-16(14-6-8-29-11-14)17-18(24)19(30-21(17)26-20(15)25)22(28)27-7-5-12-3-1-2-4-13(12)10-27/h1-4,6,8,11H,5,7,10,24H2,(H2,25,26). The van der Waals surface area contributed by atoms with Gasteiger partial charge in [0.1, 0.15) is 27.2 Å². The second kappa shape index (κ2) is 7.13. The Hall–Kier alpha value is -3.41. The van der Waals surface area contributed by atoms with Crippen LogP contribution in [0.2, 0.25) is 0 Å². The number of fused-ring (bicyclic) bond motifs is 2. The van der Waals surface area contributed by atoms with Crippen LogP contribution in [-0.4, -0.2) is 22.3 Å². The summed E-state index contributed by atoms with van der Waals surface area (Å²) in [5.41, 5.74) is 17.2. The lowest BCUT2D eigenvalue weighted by molar-refractivity contribution is 0.0740. The highest BCUT2D eigenvalue weighted by Crippen LogP contribution is 2.43. The van der Waals surface area contributed by atoms with Crippen LogP contribution in [0.5, 0.6) is 0 Å². The Kier molecular flexibility index (Phi) is 4.42. The fourth-order valence-electron chi connectivity index (χ4n) is 3.95. The smallest absolute Gasteiger partial charge is 0.266 e. The van der Waals surface area contributed by atoms with E-state index >= 15 is 0 Å². The van der Waals surface area contributed by atoms with E-state index in [0.29, 0.717) is 39.4 Å². The van der Waals surface area contributed by atoms with Gasteiger partial charge in [-0.15, -0.1) is 11.3 Å². The Labute approximate surface area is 181 Å². The van der Waals surface area contributed by atoms with E-state index in [1.807, 2.05) is 33.9 Å². The number of aromatic nitrogens is 1. The van der Waals surface area contributed by atoms with Gasteiger partial charge in [0, 0.05) is 24.0 Å². The van der Waals surface area contributed by atoms with Gasteiger partial charge >= 0.3 is 0 Å². The number of benzene rings is 1. The molecule has 0 radical (unpaired) electrons. The van der Waals surface area contributed by atoms with Gasteiger partial charge in [0.05, 0.1) is 5.69 Å². The number of carbonyl (C=O) groups is 1. The van der Waals surface area contributed by atoms with Crippen LogP contribution in [0.25, 0.3) is 21.3 Å². The molecule has 0 spiro atoms. The summed E-state index contributed by atoms with van der Waals surface area (Å²) in [6.07, 6.45) is 0.816. The maximum Gasteiger partial charge on any atom is 0.266 e. The summed E-state index contributed by atoms with van der Waals surface area (Å²) in [4.78, 5) is 20.6. The van der Waals surface area contributed by atoms with Crippen LogP contribution in [0.4, 0.5) is 11.5 Å². The molecule has 8 heteroatoms. The van der Waals surface area contributed by atoms with E-state index in [9.17, 15) is 10.1 Å². The van der Waals surface area contributed by atoms with E-state index in [1.54, 1.807) is 0 Å². The molecule has 4 N–H and O–H groups in total. The summed E-state index contributed by atoms with van der Waals surface area (Å²) in [5, 5.41) is 14.2. The number of carbonyl (C=O) groups excluding carboxylic acids is 1. The molecule has 0 saturated carbocycles. The predicted molar refractivity (Wildman–Crippen MR) is 121 cm³/mol. The number of nitrogens with zero attached hydrogens (tertiary/aromatic N) is 3. The minimum atomic E-state index is -0.113. The van der Waals surface area contributed by atoms with E-state index in [0.717, 1.165) is 17.5 Å². The number of nitrogens with two attached hydrogens (primary N) is 2. The van der Waals surface area contributed by atoms with Gasteiger partial charge in [-0.1, -0.05) is 24.3 Å². The Morgan fingerprint density at radius 3 is 2.73 bits per heavy atom. The van der Waals surface area contributed by atoms with Gasteiger partial charge in [0.2, 0.25) is 0 Å². The molecule has 1 amide bonds. The normalized spacial score (nSPS) is 13.2. The molecule has 3 aromatic heterocycles. The van der Waals surface area contributed by atoms with Crippen molar-refractivity contribution in [2.45, 2.75) is 13.0 Å². The maximum absolute atomic E-state index is 13.4. The molecule has 0 fully saturated rings. The molecule has 6 nitrogen and oxygen atoms in total. The molecule has 0 bridgehead atoms. The Bertz CT molecular complexity index is 1330. The lowest BCUT2D eigenvalue weighted by Gasteiger charge is -2.28. The molecule has 1 aliphatic rings. The molecule has 1 aromatic carbocycles. The molecule has 148 valence electrons. The number of amides is 1. The number of rotatable bonds is 2. The van der Waals surface area contributed by atoms with Crippen molar-refractivity contribution in [2.75, 3.05) is 18.0 Å². The minimum Gasteiger partial charge on any atom is -0.397 e. The molecule has 1 aliphatic heterocycles. The zero-order valence-electron chi connectivity index (χ0n) is 15.9. The number of nitriles is 1. The molecule has 0 unspecified atom stereocenters. The summed E-state index contributed by atoms with van der Waals surface area (Å²) in [5.74, 6) is 0.0386. The second-order valence-electron chi connectivity index (χ2n) is 7.14. The highest BCUT2D eigenvalue weighted by molar-refractivity contribution is 7.21. The van der Waals surface area contributed by atoms with E-state index in [4.69, 9.17) is 11.5 Å². The maximum atomic E-state index is 13.4. The SMILES string of the molecule is N#Cc1c(N)nc2sc(C(=O)N3CCc4ccccc4C3)c(N)c2c1-c1ccsc1. The Morgan fingerprint density at radius 2 is 2.00 bits per heavy atom. The first-order valence-corrected chi connectivity index (χ1v) is 11.1. The first kappa shape index (κ1) is 18.6. The zero-order valence-corrected chi connectivity index (χ0v) is 17.5. The summed E-state index contributed by atoms with van der Waals surface area (Å²) < 4.78 is 0. The molecule has 30 heavy (non-hydrogen) atoms. The molecule has 4 aromatic rings. The van der Waals surface area contributed by atoms with Crippen LogP contribution in [0.1, 0.15) is 26.4 Å². The summed E-state index contributed by atoms with van der Waals surface area (Å²) >= 11 is 2.76. The van der Waals surface area contributed by atoms with Crippen molar-refractivity contribution in [1.29, 1.82) is 5.26 Å². The van der Waals surface area contributed by atoms with Crippen LogP contribution < -0.4 is 11.5 Å². The summed E-state index contributed by atoms with van der Waals surface area (Å²) in [6, 6.07) is 12.2. The number of hydrogen-bond donors (Lipinski definition) is 2. The van der Waals surface area contributed by atoms with Crippen molar-refractivity contribution < 1.29 is 4.79 Å². The highest BCUT2D eigenvalue weighted by atomic mass is 32.1. The number of hydrogen-bond acceptors (Lipinski definition) is 7. The van der Waals surface area contributed by atoms with Crippen LogP contribution in [-0.2, 0) is 13.0 Å². The van der Waals surface area contributed by atoms with Gasteiger partial charge in [0.15, 0.2) is 0 Å². The van der Waals surface area contributed by atoms with Crippen molar-refractivity contribution in [3.05, 3.63) is 62.7 Å². The molecular weight excluding hydrogens is 414 g/mol. The third-order valence-electron chi connectivity index (χ3n) is 5.44. The molecule has 0 saturated heterocycles. The van der Waals surface area contributed by atoms with Gasteiger partial charge in [-0.05, 0) is 39.9 Å². The second-order valence-corrected chi connectivity index (χ2v) is 8.92. The Morgan fingerprint density at radius 1 is 1.20 bits per heavy atom. The summed E-state index contributed by atoms with van der Waals surface area (Å²) in [7, 11) is 0. The molecular formula is C22H17N5OS2. The van der Waals surface area contributed by atoms with E-state index < -0.39 is 0 Å². The fourth-order valence-corrected chi connectivity index (χ4v) is 5.68. The van der Waals surface area contributed by atoms with Crippen LogP contribution >= 0.6 is 22.7 Å². The van der Waals surface area contributed by atoms with Gasteiger partial charge in [0.25, 0.3) is 5.91 Å². The number of pyridine rings is 1. The third-order valence-corrected chi connectivity index (χ3v) is 7.21. The van der Waals surface area contributed by atoms with Crippen LogP contribution in [0.3, 0.4) is 0 Å². The zero-order chi connectivity index (χ0) is 20.8. The third kappa shape index (κ3) is 2.83. The summed E-state index contributed by atoms with van der Waals surface area (Å²) in [6.45, 7) is 1.19. The lowest BCUT2D eigenvalue weighted by atomic mass is 9.98. The molecule has 0 aliphatic carbocycles. The monoisotopic (exact) mass is 431 g/mol. The predicted octanol–water partition coefficient (Wildman–Crippen LogP) is 4.26. The largest absolute Gasteiger partial charge is 0.397 e. The fraction of sp³-hybridized carbons (Fsp3) is 0.136. The van der Waals surface area contributed by atoms with E-state index in [-0.39, 0.29) is 17.3 Å². The van der Waals surface area contributed by atoms with Gasteiger partial charge in [-0.2, -0.15) is 16.6 Å². The van der Waals surface area contributed by atoms with Gasteiger partial charge < -0.3 is 16.4 Å². The van der Waals surface area contributed by atoms with E-state index in [2.05, 4.69) is 23.2 Å². The average Bonchev–Trinajstić information content (AvgIpc) is 3.40. The van der Waals surface area contributed by atoms with E-state index in [1.165, 1.54) is 28.2 Å². The molecule has 5 rings (SSSR count). The highest BCUT2D eigenvalue weighted by Gasteiger charge is 2.28. The lowest BCUT2D eigenvalue weighted by Crippen LogP contribution is -2.35. The van der Waals surface area contributed by atoms with Crippen molar-refractivity contribution >= 4 is 50.3 Å². The van der Waals surface area contributed by atoms with Crippen molar-refractivity contribution in [1.82, 2.24) is 9.88 Å². The number of nitrogen functional groups attached to an aromatic ring is 2. The van der Waals surface area contributed by atoms with Crippen LogP contribution in [0, 0.1) is 11.3 Å². The van der Waals surface area contributed by atoms with Crippen molar-refractivity contribution in [2.24, 2.45) is 0 Å². The number of anilines is 2. The number of thiophene rings is 2. The quantitative estimate of drug-likeness (QED) is 0.493. The first-order valence-electron chi connectivity index (χ1n) is 9.38. The molecule has 4 heterocycles. The molecule has 0 atom stereocenters. The first-order chi connectivity index (χ1) is 14.6.